The first-order chi connectivity index (χ1) is 11.5. The second-order valence-corrected chi connectivity index (χ2v) is 8.05. The van der Waals surface area contributed by atoms with Gasteiger partial charge in [-0.15, -0.1) is 0 Å². The van der Waals surface area contributed by atoms with Crippen LogP contribution in [0.5, 0.6) is 0 Å². The number of hydrogen-bond donors (Lipinski definition) is 1. The zero-order valence-electron chi connectivity index (χ0n) is 15.2. The van der Waals surface area contributed by atoms with Crippen LogP contribution in [0.3, 0.4) is 0 Å². The molecule has 5 heteroatoms. The van der Waals surface area contributed by atoms with Crippen LogP contribution in [0, 0.1) is 11.3 Å². The van der Waals surface area contributed by atoms with Gasteiger partial charge in [-0.25, -0.2) is 9.97 Å². The lowest BCUT2D eigenvalue weighted by molar-refractivity contribution is 0.208. The predicted molar refractivity (Wildman–Crippen MR) is 98.4 cm³/mol. The maximum absolute atomic E-state index is 9.43. The molecule has 1 N–H and O–H groups in total. The molecular formula is C19H30N4O. The summed E-state index contributed by atoms with van der Waals surface area (Å²) in [4.78, 5) is 13.6. The quantitative estimate of drug-likeness (QED) is 0.864. The van der Waals surface area contributed by atoms with E-state index in [4.69, 9.17) is 0 Å². The molecule has 0 saturated carbocycles. The van der Waals surface area contributed by atoms with Gasteiger partial charge in [0.25, 0.3) is 0 Å². The Bertz CT molecular complexity index is 593. The molecule has 1 atom stereocenters. The Labute approximate surface area is 145 Å². The van der Waals surface area contributed by atoms with Gasteiger partial charge in [0.1, 0.15) is 18.0 Å². The Morgan fingerprint density at radius 2 is 1.92 bits per heavy atom. The lowest BCUT2D eigenvalue weighted by atomic mass is 9.83. The second kappa shape index (κ2) is 7.09. The Morgan fingerprint density at radius 1 is 1.17 bits per heavy atom. The van der Waals surface area contributed by atoms with Crippen molar-refractivity contribution in [3.8, 4) is 0 Å². The molecule has 5 nitrogen and oxygen atoms in total. The van der Waals surface area contributed by atoms with Crippen molar-refractivity contribution in [2.45, 2.75) is 40.0 Å². The van der Waals surface area contributed by atoms with E-state index < -0.39 is 0 Å². The van der Waals surface area contributed by atoms with Crippen molar-refractivity contribution in [2.75, 3.05) is 42.6 Å². The molecule has 1 saturated heterocycles. The molecule has 0 aromatic carbocycles. The highest BCUT2D eigenvalue weighted by molar-refractivity contribution is 5.51. The van der Waals surface area contributed by atoms with Crippen molar-refractivity contribution in [3.63, 3.8) is 0 Å². The van der Waals surface area contributed by atoms with Crippen LogP contribution in [-0.4, -0.2) is 47.9 Å². The monoisotopic (exact) mass is 330 g/mol. The molecule has 1 aromatic rings. The van der Waals surface area contributed by atoms with E-state index in [1.165, 1.54) is 5.57 Å². The maximum atomic E-state index is 9.43. The number of hydrogen-bond acceptors (Lipinski definition) is 5. The standard InChI is InChI=1S/C19H30N4O/c1-19(2,3)16-6-9-22(10-7-16)17-11-18(21-14-20-17)23-8-4-5-15(12-23)13-24/h6,11,14-15,24H,4-5,7-10,12-13H2,1-3H3/t15-/m0/s1. The topological polar surface area (TPSA) is 52.5 Å². The number of nitrogens with zero attached hydrogens (tertiary/aromatic N) is 4. The normalized spacial score (nSPS) is 22.5. The number of piperidine rings is 1. The molecule has 1 aromatic heterocycles. The van der Waals surface area contributed by atoms with Crippen LogP contribution in [0.2, 0.25) is 0 Å². The van der Waals surface area contributed by atoms with Gasteiger partial charge in [-0.1, -0.05) is 32.4 Å². The van der Waals surface area contributed by atoms with Crippen LogP contribution >= 0.6 is 0 Å². The Hall–Kier alpha value is -1.62. The first-order valence-corrected chi connectivity index (χ1v) is 9.09. The van der Waals surface area contributed by atoms with Crippen molar-refractivity contribution in [1.82, 2.24) is 9.97 Å². The molecule has 0 spiro atoms. The van der Waals surface area contributed by atoms with E-state index >= 15 is 0 Å². The van der Waals surface area contributed by atoms with Gasteiger partial charge in [0.2, 0.25) is 0 Å². The Morgan fingerprint density at radius 3 is 2.54 bits per heavy atom. The van der Waals surface area contributed by atoms with E-state index in [0.717, 1.165) is 57.1 Å². The molecular weight excluding hydrogens is 300 g/mol. The molecule has 0 radical (unpaired) electrons. The van der Waals surface area contributed by atoms with E-state index in [9.17, 15) is 5.11 Å². The first kappa shape index (κ1) is 17.2. The highest BCUT2D eigenvalue weighted by Gasteiger charge is 2.24. The highest BCUT2D eigenvalue weighted by Crippen LogP contribution is 2.31. The largest absolute Gasteiger partial charge is 0.396 e. The molecule has 2 aliphatic heterocycles. The fourth-order valence-electron chi connectivity index (χ4n) is 3.66. The fourth-order valence-corrected chi connectivity index (χ4v) is 3.66. The SMILES string of the molecule is CC(C)(C)C1=CCN(c2cc(N3CCC[C@H](CO)C3)ncn2)CC1. The predicted octanol–water partition coefficient (Wildman–Crippen LogP) is 2.87. The fraction of sp³-hybridized carbons (Fsp3) is 0.684. The van der Waals surface area contributed by atoms with E-state index in [-0.39, 0.29) is 12.0 Å². The summed E-state index contributed by atoms with van der Waals surface area (Å²) < 4.78 is 0. The minimum Gasteiger partial charge on any atom is -0.396 e. The summed E-state index contributed by atoms with van der Waals surface area (Å²) in [5, 5.41) is 9.43. The summed E-state index contributed by atoms with van der Waals surface area (Å²) in [5.41, 5.74) is 1.80. The molecule has 0 amide bonds. The third-order valence-corrected chi connectivity index (χ3v) is 5.24. The summed E-state index contributed by atoms with van der Waals surface area (Å²) in [6, 6.07) is 2.11. The zero-order valence-corrected chi connectivity index (χ0v) is 15.2. The van der Waals surface area contributed by atoms with Crippen molar-refractivity contribution >= 4 is 11.6 Å². The third kappa shape index (κ3) is 3.89. The maximum Gasteiger partial charge on any atom is 0.134 e. The van der Waals surface area contributed by atoms with Crippen LogP contribution in [0.4, 0.5) is 11.6 Å². The number of aliphatic hydroxyl groups excluding tert-OH is 1. The third-order valence-electron chi connectivity index (χ3n) is 5.24. The average molecular weight is 330 g/mol. The number of aromatic nitrogens is 2. The van der Waals surface area contributed by atoms with Crippen molar-refractivity contribution in [3.05, 3.63) is 24.0 Å². The minimum atomic E-state index is 0.260. The highest BCUT2D eigenvalue weighted by atomic mass is 16.3. The van der Waals surface area contributed by atoms with Gasteiger partial charge in [0, 0.05) is 38.9 Å². The van der Waals surface area contributed by atoms with Crippen LogP contribution in [0.1, 0.15) is 40.0 Å². The van der Waals surface area contributed by atoms with Gasteiger partial charge < -0.3 is 14.9 Å². The van der Waals surface area contributed by atoms with E-state index in [0.29, 0.717) is 5.92 Å². The molecule has 132 valence electrons. The van der Waals surface area contributed by atoms with Crippen molar-refractivity contribution in [2.24, 2.45) is 11.3 Å². The van der Waals surface area contributed by atoms with Gasteiger partial charge in [-0.3, -0.25) is 0 Å². The summed E-state index contributed by atoms with van der Waals surface area (Å²) in [6.07, 6.45) is 7.35. The molecule has 0 bridgehead atoms. The van der Waals surface area contributed by atoms with E-state index in [1.54, 1.807) is 6.33 Å². The summed E-state index contributed by atoms with van der Waals surface area (Å²) in [5.74, 6) is 2.36. The zero-order chi connectivity index (χ0) is 17.2. The van der Waals surface area contributed by atoms with E-state index in [2.05, 4.69) is 52.7 Å². The first-order valence-electron chi connectivity index (χ1n) is 9.09. The van der Waals surface area contributed by atoms with Crippen LogP contribution in [0.25, 0.3) is 0 Å². The molecule has 0 aliphatic carbocycles. The molecule has 3 rings (SSSR count). The summed E-state index contributed by atoms with van der Waals surface area (Å²) in [7, 11) is 0. The van der Waals surface area contributed by atoms with Crippen LogP contribution < -0.4 is 9.80 Å². The average Bonchev–Trinajstić information content (AvgIpc) is 2.61. The molecule has 0 unspecified atom stereocenters. The van der Waals surface area contributed by atoms with Gasteiger partial charge in [0.05, 0.1) is 0 Å². The lowest BCUT2D eigenvalue weighted by Crippen LogP contribution is -2.37. The molecule has 1 fully saturated rings. The van der Waals surface area contributed by atoms with Gasteiger partial charge in [0.15, 0.2) is 0 Å². The Kier molecular flexibility index (Phi) is 5.09. The lowest BCUT2D eigenvalue weighted by Gasteiger charge is -2.34. The number of aliphatic hydroxyl groups is 1. The minimum absolute atomic E-state index is 0.260. The second-order valence-electron chi connectivity index (χ2n) is 8.05. The van der Waals surface area contributed by atoms with Gasteiger partial charge >= 0.3 is 0 Å². The summed E-state index contributed by atoms with van der Waals surface area (Å²) in [6.45, 7) is 11.0. The van der Waals surface area contributed by atoms with Crippen molar-refractivity contribution in [1.29, 1.82) is 0 Å². The Balaban J connectivity index is 1.71. The van der Waals surface area contributed by atoms with E-state index in [1.807, 2.05) is 0 Å². The summed E-state index contributed by atoms with van der Waals surface area (Å²) >= 11 is 0. The van der Waals surface area contributed by atoms with Crippen LogP contribution in [0.15, 0.2) is 24.0 Å². The molecule has 2 aliphatic rings. The number of rotatable bonds is 3. The van der Waals surface area contributed by atoms with Crippen LogP contribution in [-0.2, 0) is 0 Å². The molecule has 24 heavy (non-hydrogen) atoms. The van der Waals surface area contributed by atoms with Gasteiger partial charge in [-0.05, 0) is 30.6 Å². The van der Waals surface area contributed by atoms with Crippen molar-refractivity contribution < 1.29 is 5.11 Å². The number of anilines is 2. The van der Waals surface area contributed by atoms with Gasteiger partial charge in [-0.2, -0.15) is 0 Å². The molecule has 3 heterocycles. The smallest absolute Gasteiger partial charge is 0.134 e.